The molecule has 0 aliphatic carbocycles. The first kappa shape index (κ1) is 32.2. The van der Waals surface area contributed by atoms with Crippen LogP contribution in [0, 0.1) is 11.3 Å². The number of fused-ring (bicyclic) bond motifs is 8. The molecular weight excluding hydrogens is 757 g/mol. The van der Waals surface area contributed by atoms with Crippen molar-refractivity contribution >= 4 is 54.4 Å². The van der Waals surface area contributed by atoms with Gasteiger partial charge in [0, 0.05) is 43.9 Å². The van der Waals surface area contributed by atoms with Crippen molar-refractivity contribution in [3.63, 3.8) is 0 Å². The summed E-state index contributed by atoms with van der Waals surface area (Å²) in [5.41, 5.74) is 7.86. The van der Waals surface area contributed by atoms with Gasteiger partial charge in [0.25, 0.3) is 0 Å². The number of nitriles is 1. The average Bonchev–Trinajstić information content (AvgIpc) is 3.88. The summed E-state index contributed by atoms with van der Waals surface area (Å²) in [5, 5.41) is 17.2. The van der Waals surface area contributed by atoms with Gasteiger partial charge in [0.1, 0.15) is 6.07 Å². The second kappa shape index (κ2) is 14.3. The van der Waals surface area contributed by atoms with Crippen LogP contribution >= 0.6 is 0 Å². The number of rotatable bonds is 6. The number of para-hydroxylation sites is 2. The van der Waals surface area contributed by atoms with Gasteiger partial charge in [-0.25, -0.2) is 15.0 Å². The highest BCUT2D eigenvalue weighted by Gasteiger charge is 2.23. The van der Waals surface area contributed by atoms with E-state index in [-0.39, 0.29) is 40.8 Å². The van der Waals surface area contributed by atoms with Crippen LogP contribution in [-0.4, -0.2) is 24.1 Å². The fraction of sp³-hybridized carbons (Fsp3) is 0. The third kappa shape index (κ3) is 5.61. The Morgan fingerprint density at radius 3 is 1.84 bits per heavy atom. The van der Waals surface area contributed by atoms with Gasteiger partial charge >= 0.3 is 0 Å². The van der Waals surface area contributed by atoms with Crippen molar-refractivity contribution in [2.45, 2.75) is 0 Å². The highest BCUT2D eigenvalue weighted by molar-refractivity contribution is 6.26. The van der Waals surface area contributed by atoms with Crippen LogP contribution in [0.25, 0.3) is 111 Å². The van der Waals surface area contributed by atoms with E-state index in [9.17, 15) is 9.37 Å². The lowest BCUT2D eigenvalue weighted by Gasteiger charge is -2.14. The molecule has 0 aliphatic heterocycles. The molecule has 0 bridgehead atoms. The van der Waals surface area contributed by atoms with Crippen LogP contribution in [0.5, 0.6) is 0 Å². The third-order valence-corrected chi connectivity index (χ3v) is 11.7. The summed E-state index contributed by atoms with van der Waals surface area (Å²) in [6.45, 7) is 0. The Balaban J connectivity index is 1.14. The number of nitrogens with zero attached hydrogens (tertiary/aromatic N) is 6. The molecule has 0 spiro atoms. The van der Waals surface area contributed by atoms with Gasteiger partial charge in [-0.3, -0.25) is 0 Å². The lowest BCUT2D eigenvalue weighted by molar-refractivity contribution is 1.07. The molecule has 62 heavy (non-hydrogen) atoms. The van der Waals surface area contributed by atoms with E-state index < -0.39 is 0 Å². The van der Waals surface area contributed by atoms with Crippen LogP contribution in [0.2, 0.25) is 0 Å². The van der Waals surface area contributed by atoms with Gasteiger partial charge in [-0.15, -0.1) is 0 Å². The van der Waals surface area contributed by atoms with Gasteiger partial charge in [0.05, 0.1) is 37.4 Å². The maximum Gasteiger partial charge on any atom is 0.164 e. The Hall–Kier alpha value is -8.66. The quantitative estimate of drug-likeness (QED) is 0.168. The van der Waals surface area contributed by atoms with Crippen LogP contribution in [0.4, 0.5) is 0 Å². The lowest BCUT2D eigenvalue weighted by Crippen LogP contribution is -2.02. The van der Waals surface area contributed by atoms with Crippen molar-refractivity contribution in [3.8, 4) is 62.7 Å². The van der Waals surface area contributed by atoms with Gasteiger partial charge in [-0.05, 0) is 70.4 Å². The Labute approximate surface area is 361 Å². The zero-order valence-corrected chi connectivity index (χ0v) is 33.1. The fourth-order valence-electron chi connectivity index (χ4n) is 8.97. The van der Waals surface area contributed by atoms with Crippen LogP contribution in [0.3, 0.4) is 0 Å². The predicted molar refractivity (Wildman–Crippen MR) is 252 cm³/mol. The average molecular weight is 794 g/mol. The maximum absolute atomic E-state index is 11.2. The first-order valence-corrected chi connectivity index (χ1v) is 20.4. The minimum absolute atomic E-state index is 0.0212. The molecule has 0 fully saturated rings. The Bertz CT molecular complexity index is 3940. The second-order valence-corrected chi connectivity index (χ2v) is 15.3. The van der Waals surface area contributed by atoms with Gasteiger partial charge in [0.2, 0.25) is 0 Å². The van der Waals surface area contributed by atoms with Gasteiger partial charge in [-0.1, -0.05) is 158 Å². The normalized spacial score (nSPS) is 12.2. The summed E-state index contributed by atoms with van der Waals surface area (Å²) in [4.78, 5) is 14.8. The second-order valence-electron chi connectivity index (χ2n) is 15.3. The molecule has 0 N–H and O–H groups in total. The first-order chi connectivity index (χ1) is 32.0. The monoisotopic (exact) mass is 793 g/mol. The molecule has 3 heterocycles. The Morgan fingerprint density at radius 1 is 0.452 bits per heavy atom. The predicted octanol–water partition coefficient (Wildman–Crippen LogP) is 13.8. The first-order valence-electron chi connectivity index (χ1n) is 21.9. The standard InChI is InChI=1S/C56H34N6/c57-35-41-33-40(55-58-54(38-18-5-2-6-19-38)59-56(60-55)46-23-10-9-21-43(46)37-16-3-1-4-17-37)28-31-48(41)62-49-25-13-11-22-44(49)45-30-32-51-52(53(45)62)47-24-12-14-26-50(47)61(51)42-29-27-36-15-7-8-20-39(36)34-42/h1-34H/i28D,31D,33D. The van der Waals surface area contributed by atoms with E-state index in [0.717, 1.165) is 76.8 Å². The van der Waals surface area contributed by atoms with Crippen LogP contribution in [0.1, 0.15) is 9.68 Å². The number of hydrogen-bond acceptors (Lipinski definition) is 4. The highest BCUT2D eigenvalue weighted by Crippen LogP contribution is 2.43. The van der Waals surface area contributed by atoms with Gasteiger partial charge in [0.15, 0.2) is 17.5 Å². The molecular formula is C56H34N6. The van der Waals surface area contributed by atoms with Gasteiger partial charge < -0.3 is 9.13 Å². The summed E-state index contributed by atoms with van der Waals surface area (Å²) < 4.78 is 33.7. The van der Waals surface area contributed by atoms with Crippen molar-refractivity contribution in [2.24, 2.45) is 0 Å². The molecule has 3 aromatic heterocycles. The minimum Gasteiger partial charge on any atom is -0.309 e. The largest absolute Gasteiger partial charge is 0.309 e. The summed E-state index contributed by atoms with van der Waals surface area (Å²) in [5.74, 6) is 0.717. The maximum atomic E-state index is 11.2. The van der Waals surface area contributed by atoms with E-state index >= 15 is 0 Å². The lowest BCUT2D eigenvalue weighted by atomic mass is 9.99. The smallest absolute Gasteiger partial charge is 0.164 e. The molecule has 0 saturated heterocycles. The van der Waals surface area contributed by atoms with E-state index in [0.29, 0.717) is 17.2 Å². The van der Waals surface area contributed by atoms with Crippen molar-refractivity contribution in [1.82, 2.24) is 24.1 Å². The van der Waals surface area contributed by atoms with E-state index in [4.69, 9.17) is 15.0 Å². The highest BCUT2D eigenvalue weighted by atomic mass is 15.0. The van der Waals surface area contributed by atoms with E-state index in [1.54, 1.807) is 0 Å². The summed E-state index contributed by atoms with van der Waals surface area (Å²) in [7, 11) is 0. The number of hydrogen-bond donors (Lipinski definition) is 0. The number of benzene rings is 9. The third-order valence-electron chi connectivity index (χ3n) is 11.7. The number of aromatic nitrogens is 5. The van der Waals surface area contributed by atoms with Crippen molar-refractivity contribution in [1.29, 1.82) is 5.26 Å². The molecule has 0 saturated carbocycles. The van der Waals surface area contributed by atoms with E-state index in [1.165, 1.54) is 0 Å². The van der Waals surface area contributed by atoms with Crippen molar-refractivity contribution < 1.29 is 4.11 Å². The van der Waals surface area contributed by atoms with E-state index in [1.807, 2.05) is 138 Å². The van der Waals surface area contributed by atoms with Crippen LogP contribution in [0.15, 0.2) is 206 Å². The molecule has 12 rings (SSSR count). The van der Waals surface area contributed by atoms with Crippen LogP contribution < -0.4 is 0 Å². The molecule has 288 valence electrons. The molecule has 0 unspecified atom stereocenters. The molecule has 6 nitrogen and oxygen atoms in total. The zero-order chi connectivity index (χ0) is 43.8. The molecule has 0 atom stereocenters. The Kier molecular flexibility index (Phi) is 7.41. The minimum atomic E-state index is -0.270. The van der Waals surface area contributed by atoms with Crippen molar-refractivity contribution in [2.75, 3.05) is 0 Å². The van der Waals surface area contributed by atoms with Gasteiger partial charge in [-0.2, -0.15) is 5.26 Å². The van der Waals surface area contributed by atoms with Crippen LogP contribution in [-0.2, 0) is 0 Å². The van der Waals surface area contributed by atoms with Crippen molar-refractivity contribution in [3.05, 3.63) is 212 Å². The zero-order valence-electron chi connectivity index (χ0n) is 36.1. The van der Waals surface area contributed by atoms with E-state index in [2.05, 4.69) is 65.2 Å². The fourth-order valence-corrected chi connectivity index (χ4v) is 8.97. The molecule has 12 aromatic rings. The summed E-state index contributed by atoms with van der Waals surface area (Å²) in [6.07, 6.45) is 0. The Morgan fingerprint density at radius 2 is 1.06 bits per heavy atom. The summed E-state index contributed by atoms with van der Waals surface area (Å²) >= 11 is 0. The molecule has 0 amide bonds. The molecule has 0 radical (unpaired) electrons. The summed E-state index contributed by atoms with van der Waals surface area (Å²) in [6, 6.07) is 64.1. The topological polar surface area (TPSA) is 72.3 Å². The molecule has 9 aromatic carbocycles. The molecule has 6 heteroatoms. The SMILES string of the molecule is [2H]c1c([2H])c(-n2c3ccccc3c3ccc4c(c5ccccc5n4-c4ccc5ccccc5c4)c32)c(C#N)c([2H])c1-c1nc(-c2ccccc2)nc(-c2ccccc2-c2ccccc2)n1. The molecule has 0 aliphatic rings.